The number of hydrogen-bond acceptors (Lipinski definition) is 9. The van der Waals surface area contributed by atoms with Gasteiger partial charge in [-0.25, -0.2) is 4.79 Å². The number of ether oxygens (including phenoxy) is 3. The highest BCUT2D eigenvalue weighted by Crippen LogP contribution is 2.30. The van der Waals surface area contributed by atoms with Crippen LogP contribution in [0.1, 0.15) is 13.8 Å². The fraction of sp³-hybridized carbons (Fsp3) is 0.857. The fourth-order valence-electron chi connectivity index (χ4n) is 2.84. The largest absolute Gasteiger partial charge is 0.479 e. The van der Waals surface area contributed by atoms with E-state index in [9.17, 15) is 35.1 Å². The number of carboxylic acids is 1. The molecule has 2 heterocycles. The normalized spacial score (nSPS) is 49.6. The third-order valence-corrected chi connectivity index (χ3v) is 4.47. The van der Waals surface area contributed by atoms with Crippen LogP contribution in [0.3, 0.4) is 0 Å². The molecule has 10 heteroatoms. The molecule has 10 atom stereocenters. The molecule has 2 rings (SSSR count). The van der Waals surface area contributed by atoms with Crippen molar-refractivity contribution in [3.63, 3.8) is 0 Å². The summed E-state index contributed by atoms with van der Waals surface area (Å²) >= 11 is 0. The lowest BCUT2D eigenvalue weighted by atomic mass is 9.91. The van der Waals surface area contributed by atoms with Crippen molar-refractivity contribution in [2.75, 3.05) is 0 Å². The Labute approximate surface area is 137 Å². The Morgan fingerprint density at radius 2 is 1.62 bits per heavy atom. The number of aldehydes is 1. The molecule has 0 aromatic carbocycles. The van der Waals surface area contributed by atoms with Crippen LogP contribution in [0, 0.1) is 5.92 Å². The van der Waals surface area contributed by atoms with Gasteiger partial charge in [0.1, 0.15) is 36.8 Å². The fourth-order valence-corrected chi connectivity index (χ4v) is 2.84. The Hall–Kier alpha value is -1.14. The Morgan fingerprint density at radius 3 is 2.17 bits per heavy atom. The number of hydrogen-bond donors (Lipinski definition) is 5. The molecule has 0 aliphatic carbocycles. The predicted octanol–water partition coefficient (Wildman–Crippen LogP) is -2.75. The first kappa shape index (κ1) is 19.2. The summed E-state index contributed by atoms with van der Waals surface area (Å²) in [7, 11) is 0. The first-order chi connectivity index (χ1) is 11.2. The number of carboxylic acid groups (broad SMARTS) is 1. The minimum Gasteiger partial charge on any atom is -0.479 e. The van der Waals surface area contributed by atoms with Crippen molar-refractivity contribution in [1.29, 1.82) is 0 Å². The molecule has 10 nitrogen and oxygen atoms in total. The molecule has 0 radical (unpaired) electrons. The monoisotopic (exact) mass is 350 g/mol. The van der Waals surface area contributed by atoms with Crippen molar-refractivity contribution in [3.05, 3.63) is 0 Å². The summed E-state index contributed by atoms with van der Waals surface area (Å²) < 4.78 is 15.6. The number of aliphatic hydroxyl groups is 4. The summed E-state index contributed by atoms with van der Waals surface area (Å²) in [6.07, 6.45) is -12.3. The smallest absolute Gasteiger partial charge is 0.335 e. The number of aliphatic carboxylic acids is 1. The van der Waals surface area contributed by atoms with Crippen LogP contribution in [-0.4, -0.2) is 92.9 Å². The van der Waals surface area contributed by atoms with Gasteiger partial charge in [-0.05, 0) is 6.92 Å². The lowest BCUT2D eigenvalue weighted by Crippen LogP contribution is -2.63. The Kier molecular flexibility index (Phi) is 5.91. The zero-order valence-corrected chi connectivity index (χ0v) is 13.1. The molecular weight excluding hydrogens is 328 g/mol. The highest BCUT2D eigenvalue weighted by Gasteiger charge is 2.51. The topological polar surface area (TPSA) is 163 Å². The van der Waals surface area contributed by atoms with Crippen molar-refractivity contribution in [2.45, 2.75) is 69.0 Å². The van der Waals surface area contributed by atoms with E-state index in [0.717, 1.165) is 0 Å². The molecule has 0 aromatic heterocycles. The van der Waals surface area contributed by atoms with Gasteiger partial charge in [0.05, 0.1) is 12.2 Å². The first-order valence-corrected chi connectivity index (χ1v) is 7.55. The van der Waals surface area contributed by atoms with Gasteiger partial charge in [0.15, 0.2) is 12.4 Å². The maximum atomic E-state index is 11.3. The predicted molar refractivity (Wildman–Crippen MR) is 74.8 cm³/mol. The first-order valence-electron chi connectivity index (χ1n) is 7.55. The summed E-state index contributed by atoms with van der Waals surface area (Å²) in [5, 5.41) is 49.1. The molecule has 2 fully saturated rings. The average molecular weight is 350 g/mol. The second-order valence-electron chi connectivity index (χ2n) is 6.13. The molecule has 0 spiro atoms. The van der Waals surface area contributed by atoms with Crippen LogP contribution < -0.4 is 0 Å². The van der Waals surface area contributed by atoms with Gasteiger partial charge in [-0.3, -0.25) is 0 Å². The van der Waals surface area contributed by atoms with Gasteiger partial charge < -0.3 is 44.5 Å². The van der Waals surface area contributed by atoms with Crippen LogP contribution in [0.25, 0.3) is 0 Å². The summed E-state index contributed by atoms with van der Waals surface area (Å²) in [5.74, 6) is -2.14. The van der Waals surface area contributed by atoms with Gasteiger partial charge >= 0.3 is 5.97 Å². The van der Waals surface area contributed by atoms with Crippen LogP contribution in [-0.2, 0) is 23.8 Å². The van der Waals surface area contributed by atoms with Gasteiger partial charge in [0.2, 0.25) is 0 Å². The van der Waals surface area contributed by atoms with E-state index in [2.05, 4.69) is 0 Å². The molecule has 24 heavy (non-hydrogen) atoms. The van der Waals surface area contributed by atoms with Crippen LogP contribution >= 0.6 is 0 Å². The van der Waals surface area contributed by atoms with Crippen LogP contribution in [0.2, 0.25) is 0 Å². The standard InChI is InChI=1S/C14H22O10/c1-4-6(3-15)23-14(10(19)7(4)16)24-11-9(18)8(17)5(2)22-12(11)13(20)21/h3-12,14,16-19H,1-2H3,(H,20,21). The van der Waals surface area contributed by atoms with E-state index < -0.39 is 67.0 Å². The molecule has 0 aromatic rings. The minimum atomic E-state index is -1.63. The summed E-state index contributed by atoms with van der Waals surface area (Å²) in [6.45, 7) is 2.88. The van der Waals surface area contributed by atoms with Crippen molar-refractivity contribution in [3.8, 4) is 0 Å². The highest BCUT2D eigenvalue weighted by atomic mass is 16.7. The van der Waals surface area contributed by atoms with Gasteiger partial charge in [-0.1, -0.05) is 6.92 Å². The van der Waals surface area contributed by atoms with E-state index in [0.29, 0.717) is 6.29 Å². The van der Waals surface area contributed by atoms with Gasteiger partial charge in [-0.15, -0.1) is 0 Å². The minimum absolute atomic E-state index is 0.426. The number of carbonyl (C=O) groups excluding carboxylic acids is 1. The third kappa shape index (κ3) is 3.45. The van der Waals surface area contributed by atoms with Crippen molar-refractivity contribution in [1.82, 2.24) is 0 Å². The van der Waals surface area contributed by atoms with Crippen molar-refractivity contribution < 1.29 is 49.3 Å². The number of rotatable bonds is 4. The molecule has 5 N–H and O–H groups in total. The van der Waals surface area contributed by atoms with E-state index in [1.807, 2.05) is 0 Å². The average Bonchev–Trinajstić information content (AvgIpc) is 2.54. The maximum absolute atomic E-state index is 11.3. The zero-order chi connectivity index (χ0) is 18.2. The van der Waals surface area contributed by atoms with E-state index in [1.54, 1.807) is 0 Å². The summed E-state index contributed by atoms with van der Waals surface area (Å²) in [5.41, 5.74) is 0. The molecular formula is C14H22O10. The van der Waals surface area contributed by atoms with Crippen molar-refractivity contribution >= 4 is 12.3 Å². The van der Waals surface area contributed by atoms with Gasteiger partial charge in [-0.2, -0.15) is 0 Å². The Balaban J connectivity index is 2.19. The second-order valence-corrected chi connectivity index (χ2v) is 6.13. The van der Waals surface area contributed by atoms with E-state index in [4.69, 9.17) is 14.2 Å². The molecule has 10 unspecified atom stereocenters. The number of carbonyl (C=O) groups is 2. The van der Waals surface area contributed by atoms with E-state index in [1.165, 1.54) is 13.8 Å². The third-order valence-electron chi connectivity index (χ3n) is 4.47. The molecule has 0 saturated carbocycles. The second kappa shape index (κ2) is 7.40. The lowest BCUT2D eigenvalue weighted by Gasteiger charge is -2.44. The SMILES string of the molecule is CC1OC(C(=O)O)C(OC2OC(C=O)C(C)C(O)C2O)C(O)C1O. The summed E-state index contributed by atoms with van der Waals surface area (Å²) in [4.78, 5) is 22.3. The summed E-state index contributed by atoms with van der Waals surface area (Å²) in [6, 6.07) is 0. The van der Waals surface area contributed by atoms with Crippen LogP contribution in [0.15, 0.2) is 0 Å². The molecule has 2 aliphatic rings. The Morgan fingerprint density at radius 1 is 1.00 bits per heavy atom. The highest BCUT2D eigenvalue weighted by molar-refractivity contribution is 5.73. The van der Waals surface area contributed by atoms with Gasteiger partial charge in [0, 0.05) is 5.92 Å². The van der Waals surface area contributed by atoms with Crippen molar-refractivity contribution in [2.24, 2.45) is 5.92 Å². The lowest BCUT2D eigenvalue weighted by molar-refractivity contribution is -0.323. The molecule has 0 bridgehead atoms. The Bertz CT molecular complexity index is 470. The van der Waals surface area contributed by atoms with Crippen LogP contribution in [0.4, 0.5) is 0 Å². The maximum Gasteiger partial charge on any atom is 0.335 e. The molecule has 2 aliphatic heterocycles. The van der Waals surface area contributed by atoms with Crippen LogP contribution in [0.5, 0.6) is 0 Å². The van der Waals surface area contributed by atoms with E-state index in [-0.39, 0.29) is 0 Å². The number of aliphatic hydroxyl groups excluding tert-OH is 4. The molecule has 0 amide bonds. The zero-order valence-electron chi connectivity index (χ0n) is 13.1. The molecule has 138 valence electrons. The quantitative estimate of drug-likeness (QED) is 0.336. The van der Waals surface area contributed by atoms with Gasteiger partial charge in [0.25, 0.3) is 0 Å². The van der Waals surface area contributed by atoms with E-state index >= 15 is 0 Å². The molecule has 2 saturated heterocycles.